The highest BCUT2D eigenvalue weighted by Gasteiger charge is 2.19. The zero-order valence-corrected chi connectivity index (χ0v) is 17.8. The molecule has 0 radical (unpaired) electrons. The van der Waals surface area contributed by atoms with E-state index in [-0.39, 0.29) is 5.91 Å². The molecule has 0 spiro atoms. The number of nitrogens with one attached hydrogen (secondary N) is 2. The van der Waals surface area contributed by atoms with Crippen LogP contribution in [0.2, 0.25) is 0 Å². The molecule has 3 aromatic heterocycles. The topological polar surface area (TPSA) is 73.4 Å². The van der Waals surface area contributed by atoms with Crippen LogP contribution in [0.15, 0.2) is 30.6 Å². The van der Waals surface area contributed by atoms with Crippen LogP contribution in [-0.4, -0.2) is 60.5 Å². The quantitative estimate of drug-likeness (QED) is 0.673. The van der Waals surface area contributed by atoms with Crippen LogP contribution >= 0.6 is 11.3 Å². The summed E-state index contributed by atoms with van der Waals surface area (Å²) in [6.45, 7) is 8.67. The number of fused-ring (bicyclic) bond motifs is 1. The molecule has 0 bridgehead atoms. The maximum absolute atomic E-state index is 12.6. The molecular formula is C21H26N6OS. The number of piperazine rings is 1. The Morgan fingerprint density at radius 1 is 1.24 bits per heavy atom. The Morgan fingerprint density at radius 3 is 2.69 bits per heavy atom. The first-order valence-electron chi connectivity index (χ1n) is 9.90. The van der Waals surface area contributed by atoms with Crippen LogP contribution in [0.4, 0.5) is 17.3 Å². The molecule has 3 aromatic rings. The van der Waals surface area contributed by atoms with Gasteiger partial charge in [-0.2, -0.15) is 0 Å². The van der Waals surface area contributed by atoms with E-state index in [1.807, 2.05) is 45.4 Å². The summed E-state index contributed by atoms with van der Waals surface area (Å²) in [4.78, 5) is 26.5. The van der Waals surface area contributed by atoms with Crippen LogP contribution in [0.3, 0.4) is 0 Å². The first kappa shape index (κ1) is 19.6. The van der Waals surface area contributed by atoms with Gasteiger partial charge in [0.25, 0.3) is 5.91 Å². The average Bonchev–Trinajstić information content (AvgIpc) is 3.10. The fourth-order valence-corrected chi connectivity index (χ4v) is 4.57. The van der Waals surface area contributed by atoms with Gasteiger partial charge in [-0.05, 0) is 37.6 Å². The number of pyridine rings is 2. The second kappa shape index (κ2) is 8.34. The van der Waals surface area contributed by atoms with Gasteiger partial charge in [-0.15, -0.1) is 11.3 Å². The van der Waals surface area contributed by atoms with Gasteiger partial charge in [-0.3, -0.25) is 4.79 Å². The number of aryl methyl sites for hydroxylation is 1. The Bertz CT molecular complexity index is 1010. The summed E-state index contributed by atoms with van der Waals surface area (Å²) in [5.74, 6) is 1.54. The second-order valence-electron chi connectivity index (χ2n) is 7.20. The highest BCUT2D eigenvalue weighted by molar-refractivity contribution is 7.21. The van der Waals surface area contributed by atoms with Gasteiger partial charge in [0.1, 0.15) is 11.6 Å². The number of carbonyl (C=O) groups excluding carboxylic acids is 1. The number of hydrogen-bond acceptors (Lipinski definition) is 7. The lowest BCUT2D eigenvalue weighted by atomic mass is 10.1. The largest absolute Gasteiger partial charge is 0.368 e. The van der Waals surface area contributed by atoms with Crippen LogP contribution in [-0.2, 0) is 0 Å². The molecule has 1 amide bonds. The number of thiophene rings is 1. The van der Waals surface area contributed by atoms with E-state index >= 15 is 0 Å². The molecule has 2 N–H and O–H groups in total. The van der Waals surface area contributed by atoms with Crippen LogP contribution in [0.5, 0.6) is 0 Å². The maximum atomic E-state index is 12.6. The normalized spacial score (nSPS) is 14.2. The fourth-order valence-electron chi connectivity index (χ4n) is 3.42. The Kier molecular flexibility index (Phi) is 5.64. The molecule has 1 saturated heterocycles. The molecule has 1 aliphatic heterocycles. The molecule has 0 aliphatic carbocycles. The van der Waals surface area contributed by atoms with Crippen molar-refractivity contribution in [3.05, 3.63) is 41.0 Å². The predicted molar refractivity (Wildman–Crippen MR) is 120 cm³/mol. The molecule has 0 unspecified atom stereocenters. The molecule has 1 aliphatic rings. The van der Waals surface area contributed by atoms with Crippen molar-refractivity contribution in [2.75, 3.05) is 50.0 Å². The smallest absolute Gasteiger partial charge is 0.263 e. The zero-order chi connectivity index (χ0) is 20.4. The van der Waals surface area contributed by atoms with Crippen LogP contribution < -0.4 is 15.5 Å². The molecule has 4 rings (SSSR count). The molecule has 29 heavy (non-hydrogen) atoms. The molecule has 8 heteroatoms. The molecule has 0 aromatic carbocycles. The lowest BCUT2D eigenvalue weighted by molar-refractivity contribution is 0.0806. The third-order valence-electron chi connectivity index (χ3n) is 5.33. The predicted octanol–water partition coefficient (Wildman–Crippen LogP) is 3.24. The first-order valence-corrected chi connectivity index (χ1v) is 10.7. The van der Waals surface area contributed by atoms with Gasteiger partial charge < -0.3 is 20.4 Å². The number of amides is 1. The van der Waals surface area contributed by atoms with Crippen molar-refractivity contribution < 1.29 is 4.79 Å². The van der Waals surface area contributed by atoms with E-state index in [0.717, 1.165) is 64.0 Å². The molecule has 0 saturated carbocycles. The van der Waals surface area contributed by atoms with Crippen molar-refractivity contribution in [1.82, 2.24) is 20.2 Å². The Balaban J connectivity index is 1.53. The number of aromatic nitrogens is 2. The third-order valence-corrected chi connectivity index (χ3v) is 6.56. The molecular weight excluding hydrogens is 384 g/mol. The summed E-state index contributed by atoms with van der Waals surface area (Å²) < 4.78 is 1.02. The summed E-state index contributed by atoms with van der Waals surface area (Å²) in [5, 5.41) is 7.70. The maximum Gasteiger partial charge on any atom is 0.263 e. The highest BCUT2D eigenvalue weighted by atomic mass is 32.1. The van der Waals surface area contributed by atoms with Crippen molar-refractivity contribution in [3.63, 3.8) is 0 Å². The lowest BCUT2D eigenvalue weighted by Crippen LogP contribution is -2.43. The van der Waals surface area contributed by atoms with Gasteiger partial charge >= 0.3 is 0 Å². The van der Waals surface area contributed by atoms with Crippen LogP contribution in [0.1, 0.15) is 22.2 Å². The SMILES string of the molecule is CCN(C)C(=O)c1sc2cnc(Nc3ccc(N4CCNCC4)cn3)cc2c1C. The fraction of sp³-hybridized carbons (Fsp3) is 0.381. The van der Waals surface area contributed by atoms with Crippen LogP contribution in [0.25, 0.3) is 10.1 Å². The van der Waals surface area contributed by atoms with E-state index in [2.05, 4.69) is 31.6 Å². The zero-order valence-electron chi connectivity index (χ0n) is 17.0. The summed E-state index contributed by atoms with van der Waals surface area (Å²) in [6.07, 6.45) is 3.73. The highest BCUT2D eigenvalue weighted by Crippen LogP contribution is 2.33. The van der Waals surface area contributed by atoms with E-state index in [0.29, 0.717) is 6.54 Å². The van der Waals surface area contributed by atoms with E-state index in [9.17, 15) is 4.79 Å². The van der Waals surface area contributed by atoms with E-state index in [1.54, 1.807) is 4.90 Å². The number of rotatable bonds is 5. The second-order valence-corrected chi connectivity index (χ2v) is 8.26. The molecule has 1 fully saturated rings. The average molecular weight is 411 g/mol. The van der Waals surface area contributed by atoms with Gasteiger partial charge in [0.05, 0.1) is 21.5 Å². The minimum Gasteiger partial charge on any atom is -0.368 e. The van der Waals surface area contributed by atoms with Crippen molar-refractivity contribution in [3.8, 4) is 0 Å². The van der Waals surface area contributed by atoms with E-state index < -0.39 is 0 Å². The van der Waals surface area contributed by atoms with Gasteiger partial charge in [0.2, 0.25) is 0 Å². The van der Waals surface area contributed by atoms with Crippen molar-refractivity contribution in [1.29, 1.82) is 0 Å². The van der Waals surface area contributed by atoms with Gasteiger partial charge in [0.15, 0.2) is 0 Å². The molecule has 4 heterocycles. The summed E-state index contributed by atoms with van der Waals surface area (Å²) in [6, 6.07) is 6.07. The lowest BCUT2D eigenvalue weighted by Gasteiger charge is -2.29. The summed E-state index contributed by atoms with van der Waals surface area (Å²) >= 11 is 1.50. The third kappa shape index (κ3) is 4.04. The minimum absolute atomic E-state index is 0.0610. The van der Waals surface area contributed by atoms with Crippen molar-refractivity contribution >= 4 is 44.7 Å². The standard InChI is InChI=1S/C21H26N6OS/c1-4-26(3)21(28)20-14(2)16-11-19(24-13-17(16)29-20)25-18-6-5-15(12-23-18)27-9-7-22-8-10-27/h5-6,11-13,22H,4,7-10H2,1-3H3,(H,23,24,25). The number of anilines is 3. The molecule has 152 valence electrons. The van der Waals surface area contributed by atoms with Gasteiger partial charge in [0, 0.05) is 51.4 Å². The van der Waals surface area contributed by atoms with Crippen molar-refractivity contribution in [2.24, 2.45) is 0 Å². The molecule has 7 nitrogen and oxygen atoms in total. The van der Waals surface area contributed by atoms with Crippen molar-refractivity contribution in [2.45, 2.75) is 13.8 Å². The van der Waals surface area contributed by atoms with Gasteiger partial charge in [-0.25, -0.2) is 9.97 Å². The minimum atomic E-state index is 0.0610. The summed E-state index contributed by atoms with van der Waals surface area (Å²) in [7, 11) is 1.83. The van der Waals surface area contributed by atoms with Gasteiger partial charge in [-0.1, -0.05) is 0 Å². The first-order chi connectivity index (χ1) is 14.1. The monoisotopic (exact) mass is 410 g/mol. The summed E-state index contributed by atoms with van der Waals surface area (Å²) in [5.41, 5.74) is 2.14. The number of nitrogens with zero attached hydrogens (tertiary/aromatic N) is 4. The Hall–Kier alpha value is -2.71. The van der Waals surface area contributed by atoms with E-state index in [4.69, 9.17) is 0 Å². The Morgan fingerprint density at radius 2 is 2.00 bits per heavy atom. The number of hydrogen-bond donors (Lipinski definition) is 2. The number of carbonyl (C=O) groups is 1. The van der Waals surface area contributed by atoms with Crippen LogP contribution in [0, 0.1) is 6.92 Å². The Labute approximate surface area is 174 Å². The molecule has 0 atom stereocenters. The van der Waals surface area contributed by atoms with E-state index in [1.165, 1.54) is 11.3 Å².